The van der Waals surface area contributed by atoms with E-state index in [4.69, 9.17) is 5.11 Å². The first-order valence-corrected chi connectivity index (χ1v) is 5.86. The number of hydrogen-bond acceptors (Lipinski definition) is 4. The molecule has 0 aliphatic rings. The number of benzene rings is 1. The number of carbonyl (C=O) groups excluding carboxylic acids is 1. The van der Waals surface area contributed by atoms with Crippen LogP contribution >= 0.6 is 0 Å². The molecule has 0 heterocycles. The Labute approximate surface area is 116 Å². The van der Waals surface area contributed by atoms with Gasteiger partial charge in [0, 0.05) is 24.2 Å². The Morgan fingerprint density at radius 3 is 2.35 bits per heavy atom. The van der Waals surface area contributed by atoms with Crippen LogP contribution in [0.15, 0.2) is 18.2 Å². The Bertz CT molecular complexity index is 580. The molecule has 1 aromatic carbocycles. The fourth-order valence-corrected chi connectivity index (χ4v) is 1.63. The van der Waals surface area contributed by atoms with E-state index in [1.807, 2.05) is 0 Å². The first kappa shape index (κ1) is 15.6. The van der Waals surface area contributed by atoms with Crippen molar-refractivity contribution in [2.24, 2.45) is 0 Å². The van der Waals surface area contributed by atoms with Gasteiger partial charge in [-0.3, -0.25) is 14.9 Å². The molecule has 0 saturated carbocycles. The minimum Gasteiger partial charge on any atom is -0.480 e. The van der Waals surface area contributed by atoms with Gasteiger partial charge in [0.15, 0.2) is 0 Å². The first-order valence-electron chi connectivity index (χ1n) is 5.86. The molecule has 0 unspecified atom stereocenters. The molecule has 0 bridgehead atoms. The summed E-state index contributed by atoms with van der Waals surface area (Å²) in [6.07, 6.45) is 0. The lowest BCUT2D eigenvalue weighted by molar-refractivity contribution is -0.385. The Kier molecular flexibility index (Phi) is 4.12. The molecule has 7 heteroatoms. The van der Waals surface area contributed by atoms with Crippen LogP contribution in [-0.4, -0.2) is 39.4 Å². The Morgan fingerprint density at radius 2 is 1.90 bits per heavy atom. The standard InChI is InChI=1S/C13H16N2O5/c1-8-9(6-5-7-10(8)15(19)20)11(16)14(4)13(2,3)12(17)18/h5-7H,1-4H3,(H,17,18). The van der Waals surface area contributed by atoms with Crippen molar-refractivity contribution in [1.82, 2.24) is 4.90 Å². The zero-order valence-electron chi connectivity index (χ0n) is 11.7. The van der Waals surface area contributed by atoms with Gasteiger partial charge in [-0.1, -0.05) is 6.07 Å². The molecule has 7 nitrogen and oxygen atoms in total. The topological polar surface area (TPSA) is 101 Å². The van der Waals surface area contributed by atoms with Crippen molar-refractivity contribution in [2.75, 3.05) is 7.05 Å². The van der Waals surface area contributed by atoms with Gasteiger partial charge in [-0.15, -0.1) is 0 Å². The normalized spacial score (nSPS) is 11.0. The number of aliphatic carboxylic acids is 1. The van der Waals surface area contributed by atoms with Gasteiger partial charge < -0.3 is 10.0 Å². The molecule has 108 valence electrons. The second-order valence-electron chi connectivity index (χ2n) is 4.94. The minimum atomic E-state index is -1.41. The molecule has 0 fully saturated rings. The van der Waals surface area contributed by atoms with E-state index < -0.39 is 22.3 Å². The van der Waals surface area contributed by atoms with Crippen molar-refractivity contribution >= 4 is 17.6 Å². The number of amides is 1. The summed E-state index contributed by atoms with van der Waals surface area (Å²) in [5.41, 5.74) is -1.24. The molecule has 0 saturated heterocycles. The molecule has 0 aliphatic carbocycles. The number of rotatable bonds is 4. The Hall–Kier alpha value is -2.44. The molecule has 0 aromatic heterocycles. The van der Waals surface area contributed by atoms with Gasteiger partial charge in [-0.2, -0.15) is 0 Å². The van der Waals surface area contributed by atoms with Crippen LogP contribution in [0.3, 0.4) is 0 Å². The molecule has 20 heavy (non-hydrogen) atoms. The van der Waals surface area contributed by atoms with Gasteiger partial charge in [-0.25, -0.2) is 4.79 Å². The van der Waals surface area contributed by atoms with Gasteiger partial charge in [0.05, 0.1) is 4.92 Å². The van der Waals surface area contributed by atoms with E-state index in [2.05, 4.69) is 0 Å². The Morgan fingerprint density at radius 1 is 1.35 bits per heavy atom. The van der Waals surface area contributed by atoms with Gasteiger partial charge in [0.25, 0.3) is 11.6 Å². The third kappa shape index (κ3) is 2.61. The number of carboxylic acid groups (broad SMARTS) is 1. The highest BCUT2D eigenvalue weighted by Gasteiger charge is 2.36. The number of nitrogens with zero attached hydrogens (tertiary/aromatic N) is 2. The van der Waals surface area contributed by atoms with Crippen molar-refractivity contribution in [2.45, 2.75) is 26.3 Å². The molecule has 0 atom stereocenters. The van der Waals surface area contributed by atoms with Gasteiger partial charge in [0.2, 0.25) is 0 Å². The zero-order chi connectivity index (χ0) is 15.7. The Balaban J connectivity index is 3.26. The van der Waals surface area contributed by atoms with E-state index in [1.165, 1.54) is 46.0 Å². The van der Waals surface area contributed by atoms with Crippen molar-refractivity contribution in [3.05, 3.63) is 39.4 Å². The maximum atomic E-state index is 12.3. The monoisotopic (exact) mass is 280 g/mol. The highest BCUT2D eigenvalue weighted by Crippen LogP contribution is 2.24. The van der Waals surface area contributed by atoms with Crippen LogP contribution in [0.4, 0.5) is 5.69 Å². The van der Waals surface area contributed by atoms with E-state index in [0.29, 0.717) is 0 Å². The van der Waals surface area contributed by atoms with Gasteiger partial charge >= 0.3 is 5.97 Å². The van der Waals surface area contributed by atoms with Crippen LogP contribution in [0.2, 0.25) is 0 Å². The third-order valence-electron chi connectivity index (χ3n) is 3.40. The molecular formula is C13H16N2O5. The summed E-state index contributed by atoms with van der Waals surface area (Å²) in [6, 6.07) is 4.15. The highest BCUT2D eigenvalue weighted by atomic mass is 16.6. The lowest BCUT2D eigenvalue weighted by atomic mass is 10.00. The number of carboxylic acids is 1. The van der Waals surface area contributed by atoms with E-state index >= 15 is 0 Å². The fraction of sp³-hybridized carbons (Fsp3) is 0.385. The van der Waals surface area contributed by atoms with Gasteiger partial charge in [-0.05, 0) is 26.8 Å². The van der Waals surface area contributed by atoms with E-state index in [9.17, 15) is 19.7 Å². The van der Waals surface area contributed by atoms with Crippen LogP contribution < -0.4 is 0 Å². The molecule has 0 aliphatic heterocycles. The molecule has 0 radical (unpaired) electrons. The first-order chi connectivity index (χ1) is 9.10. The molecule has 1 amide bonds. The zero-order valence-corrected chi connectivity index (χ0v) is 11.7. The average molecular weight is 280 g/mol. The predicted octanol–water partition coefficient (Wildman–Crippen LogP) is 1.84. The number of nitro groups is 1. The second kappa shape index (κ2) is 5.28. The summed E-state index contributed by atoms with van der Waals surface area (Å²) in [6.45, 7) is 4.24. The minimum absolute atomic E-state index is 0.121. The largest absolute Gasteiger partial charge is 0.480 e. The van der Waals surface area contributed by atoms with Crippen LogP contribution in [0, 0.1) is 17.0 Å². The van der Waals surface area contributed by atoms with Crippen LogP contribution in [0.1, 0.15) is 29.8 Å². The molecular weight excluding hydrogens is 264 g/mol. The lowest BCUT2D eigenvalue weighted by Gasteiger charge is -2.31. The number of carbonyl (C=O) groups is 2. The third-order valence-corrected chi connectivity index (χ3v) is 3.40. The van der Waals surface area contributed by atoms with Crippen molar-refractivity contribution in [3.63, 3.8) is 0 Å². The summed E-state index contributed by atoms with van der Waals surface area (Å²) in [5, 5.41) is 20.0. The van der Waals surface area contributed by atoms with Crippen LogP contribution in [0.5, 0.6) is 0 Å². The SMILES string of the molecule is Cc1c(C(=O)N(C)C(C)(C)C(=O)O)cccc1[N+](=O)[O-]. The summed E-state index contributed by atoms with van der Waals surface area (Å²) >= 11 is 0. The number of likely N-dealkylation sites (N-methyl/N-ethyl adjacent to an activating group) is 1. The van der Waals surface area contributed by atoms with E-state index in [-0.39, 0.29) is 16.8 Å². The summed E-state index contributed by atoms with van der Waals surface area (Å²) in [7, 11) is 1.36. The average Bonchev–Trinajstić information content (AvgIpc) is 2.36. The molecule has 1 rings (SSSR count). The maximum Gasteiger partial charge on any atom is 0.329 e. The molecule has 1 N–H and O–H groups in total. The number of nitro benzene ring substituents is 1. The predicted molar refractivity (Wildman–Crippen MR) is 71.6 cm³/mol. The highest BCUT2D eigenvalue weighted by molar-refractivity contribution is 5.99. The number of hydrogen-bond donors (Lipinski definition) is 1. The van der Waals surface area contributed by atoms with Crippen molar-refractivity contribution in [3.8, 4) is 0 Å². The molecule has 1 aromatic rings. The summed E-state index contributed by atoms with van der Waals surface area (Å²) in [5.74, 6) is -1.73. The van der Waals surface area contributed by atoms with Crippen LogP contribution in [-0.2, 0) is 4.79 Å². The summed E-state index contributed by atoms with van der Waals surface area (Å²) < 4.78 is 0. The van der Waals surface area contributed by atoms with Crippen molar-refractivity contribution in [1.29, 1.82) is 0 Å². The second-order valence-corrected chi connectivity index (χ2v) is 4.94. The molecule has 0 spiro atoms. The fourth-order valence-electron chi connectivity index (χ4n) is 1.63. The van der Waals surface area contributed by atoms with E-state index in [0.717, 1.165) is 4.90 Å². The van der Waals surface area contributed by atoms with Crippen LogP contribution in [0.25, 0.3) is 0 Å². The van der Waals surface area contributed by atoms with Crippen molar-refractivity contribution < 1.29 is 19.6 Å². The smallest absolute Gasteiger partial charge is 0.329 e. The summed E-state index contributed by atoms with van der Waals surface area (Å²) in [4.78, 5) is 34.8. The quantitative estimate of drug-likeness (QED) is 0.669. The van der Waals surface area contributed by atoms with E-state index in [1.54, 1.807) is 0 Å². The lowest BCUT2D eigenvalue weighted by Crippen LogP contribution is -2.50. The van der Waals surface area contributed by atoms with Gasteiger partial charge in [0.1, 0.15) is 5.54 Å². The maximum absolute atomic E-state index is 12.3.